The molecule has 0 aliphatic rings. The van der Waals surface area contributed by atoms with Crippen molar-refractivity contribution in [1.29, 1.82) is 0 Å². The highest BCUT2D eigenvalue weighted by molar-refractivity contribution is 7.92. The zero-order chi connectivity index (χ0) is 15.7. The van der Waals surface area contributed by atoms with Gasteiger partial charge in [0, 0.05) is 0 Å². The molecule has 0 bridgehead atoms. The minimum Gasteiger partial charge on any atom is -0.507 e. The minimum absolute atomic E-state index is 0.498. The van der Waals surface area contributed by atoms with E-state index in [0.717, 1.165) is 30.3 Å². The van der Waals surface area contributed by atoms with E-state index in [9.17, 15) is 26.7 Å². The van der Waals surface area contributed by atoms with Crippen LogP contribution in [0.15, 0.2) is 53.4 Å². The van der Waals surface area contributed by atoms with E-state index < -0.39 is 38.1 Å². The topological polar surface area (TPSA) is 66.4 Å². The van der Waals surface area contributed by atoms with Crippen LogP contribution in [-0.4, -0.2) is 13.5 Å². The molecular formula is C13H10F3NO3S. The molecule has 0 aromatic heterocycles. The number of anilines is 1. The molecule has 0 saturated carbocycles. The summed E-state index contributed by atoms with van der Waals surface area (Å²) in [6.07, 6.45) is -4.70. The van der Waals surface area contributed by atoms with Crippen LogP contribution in [0.5, 0.6) is 5.75 Å². The molecule has 0 atom stereocenters. The number of alkyl halides is 3. The number of phenols is 1. The van der Waals surface area contributed by atoms with Gasteiger partial charge in [0.2, 0.25) is 0 Å². The highest BCUT2D eigenvalue weighted by atomic mass is 32.2. The highest BCUT2D eigenvalue weighted by Gasteiger charge is 2.34. The van der Waals surface area contributed by atoms with Crippen LogP contribution >= 0.6 is 0 Å². The summed E-state index contributed by atoms with van der Waals surface area (Å²) in [5.74, 6) is -0.547. The Morgan fingerprint density at radius 2 is 1.52 bits per heavy atom. The fourth-order valence-electron chi connectivity index (χ4n) is 1.70. The Morgan fingerprint density at radius 3 is 2.14 bits per heavy atom. The van der Waals surface area contributed by atoms with Crippen molar-refractivity contribution < 1.29 is 26.7 Å². The first-order valence-electron chi connectivity index (χ1n) is 5.69. The van der Waals surface area contributed by atoms with Crippen LogP contribution in [0.25, 0.3) is 0 Å². The molecule has 4 nitrogen and oxygen atoms in total. The predicted octanol–water partition coefficient (Wildman–Crippen LogP) is 3.21. The Hall–Kier alpha value is -2.22. The van der Waals surface area contributed by atoms with Crippen molar-refractivity contribution in [3.05, 3.63) is 54.1 Å². The van der Waals surface area contributed by atoms with Crippen LogP contribution in [-0.2, 0) is 16.2 Å². The standard InChI is InChI=1S/C13H10F3NO3S/c14-13(15,16)9-5-1-2-6-10(9)17-21(19,20)12-8-4-3-7-11(12)18/h1-8,17-18H. The number of sulfonamides is 1. The number of nitrogens with one attached hydrogen (secondary N) is 1. The molecule has 0 unspecified atom stereocenters. The molecule has 2 rings (SSSR count). The summed E-state index contributed by atoms with van der Waals surface area (Å²) in [6.45, 7) is 0. The van der Waals surface area contributed by atoms with Gasteiger partial charge in [-0.3, -0.25) is 4.72 Å². The van der Waals surface area contributed by atoms with Gasteiger partial charge in [-0.1, -0.05) is 24.3 Å². The van der Waals surface area contributed by atoms with Gasteiger partial charge in [-0.25, -0.2) is 8.42 Å². The lowest BCUT2D eigenvalue weighted by molar-refractivity contribution is -0.136. The lowest BCUT2D eigenvalue weighted by atomic mass is 10.2. The lowest BCUT2D eigenvalue weighted by Crippen LogP contribution is -2.17. The van der Waals surface area contributed by atoms with E-state index >= 15 is 0 Å². The van der Waals surface area contributed by atoms with Crippen LogP contribution in [0, 0.1) is 0 Å². The Kier molecular flexibility index (Phi) is 3.82. The second-order valence-electron chi connectivity index (χ2n) is 4.12. The first-order chi connectivity index (χ1) is 9.72. The zero-order valence-corrected chi connectivity index (χ0v) is 11.2. The number of para-hydroxylation sites is 2. The fourth-order valence-corrected chi connectivity index (χ4v) is 2.88. The van der Waals surface area contributed by atoms with Crippen molar-refractivity contribution in [2.45, 2.75) is 11.1 Å². The third-order valence-corrected chi connectivity index (χ3v) is 4.04. The average Bonchev–Trinajstić information content (AvgIpc) is 2.38. The second-order valence-corrected chi connectivity index (χ2v) is 5.77. The molecule has 2 aromatic carbocycles. The van der Waals surface area contributed by atoms with E-state index in [0.29, 0.717) is 0 Å². The summed E-state index contributed by atoms with van der Waals surface area (Å²) in [6, 6.07) is 9.17. The molecule has 0 saturated heterocycles. The SMILES string of the molecule is O=S(=O)(Nc1ccccc1C(F)(F)F)c1ccccc1O. The maximum atomic E-state index is 12.8. The molecule has 0 radical (unpaired) electrons. The maximum Gasteiger partial charge on any atom is 0.418 e. The van der Waals surface area contributed by atoms with Gasteiger partial charge in [-0.05, 0) is 24.3 Å². The van der Waals surface area contributed by atoms with Crippen LogP contribution in [0.4, 0.5) is 18.9 Å². The molecule has 2 aromatic rings. The molecule has 0 fully saturated rings. The summed E-state index contributed by atoms with van der Waals surface area (Å²) in [5, 5.41) is 9.51. The van der Waals surface area contributed by atoms with E-state index in [1.165, 1.54) is 18.2 Å². The second kappa shape index (κ2) is 5.28. The summed E-state index contributed by atoms with van der Waals surface area (Å²) in [5.41, 5.74) is -1.71. The number of rotatable bonds is 3. The van der Waals surface area contributed by atoms with Gasteiger partial charge in [0.15, 0.2) is 0 Å². The Morgan fingerprint density at radius 1 is 0.952 bits per heavy atom. The first-order valence-corrected chi connectivity index (χ1v) is 7.17. The monoisotopic (exact) mass is 317 g/mol. The van der Waals surface area contributed by atoms with Crippen LogP contribution in [0.2, 0.25) is 0 Å². The van der Waals surface area contributed by atoms with Crippen molar-refractivity contribution >= 4 is 15.7 Å². The van der Waals surface area contributed by atoms with E-state index in [2.05, 4.69) is 0 Å². The highest BCUT2D eigenvalue weighted by Crippen LogP contribution is 2.36. The molecular weight excluding hydrogens is 307 g/mol. The van der Waals surface area contributed by atoms with Crippen molar-refractivity contribution in [2.75, 3.05) is 4.72 Å². The van der Waals surface area contributed by atoms with E-state index in [4.69, 9.17) is 0 Å². The van der Waals surface area contributed by atoms with Crippen molar-refractivity contribution in [3.63, 3.8) is 0 Å². The minimum atomic E-state index is -4.70. The Labute approximate surface area is 118 Å². The number of phenolic OH excluding ortho intramolecular Hbond substituents is 1. The normalized spacial score (nSPS) is 12.1. The van der Waals surface area contributed by atoms with E-state index in [1.54, 1.807) is 0 Å². The number of aromatic hydroxyl groups is 1. The molecule has 21 heavy (non-hydrogen) atoms. The maximum absolute atomic E-state index is 12.8. The molecule has 112 valence electrons. The lowest BCUT2D eigenvalue weighted by Gasteiger charge is -2.15. The van der Waals surface area contributed by atoms with Crippen molar-refractivity contribution in [3.8, 4) is 5.75 Å². The van der Waals surface area contributed by atoms with E-state index in [-0.39, 0.29) is 0 Å². The van der Waals surface area contributed by atoms with Gasteiger partial charge >= 0.3 is 6.18 Å². The first kappa shape index (κ1) is 15.2. The molecule has 8 heteroatoms. The number of halogens is 3. The molecule has 0 heterocycles. The van der Waals surface area contributed by atoms with Crippen LogP contribution in [0.1, 0.15) is 5.56 Å². The number of hydrogen-bond donors (Lipinski definition) is 2. The molecule has 2 N–H and O–H groups in total. The van der Waals surface area contributed by atoms with Gasteiger partial charge in [-0.15, -0.1) is 0 Å². The smallest absolute Gasteiger partial charge is 0.418 e. The fraction of sp³-hybridized carbons (Fsp3) is 0.0769. The van der Waals surface area contributed by atoms with Gasteiger partial charge in [0.05, 0.1) is 11.3 Å². The van der Waals surface area contributed by atoms with Gasteiger partial charge in [0.1, 0.15) is 10.6 Å². The largest absolute Gasteiger partial charge is 0.507 e. The summed E-state index contributed by atoms with van der Waals surface area (Å²) >= 11 is 0. The van der Waals surface area contributed by atoms with Crippen molar-refractivity contribution in [2.24, 2.45) is 0 Å². The molecule has 0 amide bonds. The van der Waals surface area contributed by atoms with Gasteiger partial charge < -0.3 is 5.11 Å². The number of benzene rings is 2. The van der Waals surface area contributed by atoms with E-state index in [1.807, 2.05) is 4.72 Å². The van der Waals surface area contributed by atoms with Gasteiger partial charge in [-0.2, -0.15) is 13.2 Å². The Balaban J connectivity index is 2.46. The van der Waals surface area contributed by atoms with Crippen molar-refractivity contribution in [1.82, 2.24) is 0 Å². The van der Waals surface area contributed by atoms with Crippen LogP contribution < -0.4 is 4.72 Å². The average molecular weight is 317 g/mol. The summed E-state index contributed by atoms with van der Waals surface area (Å²) in [7, 11) is -4.33. The quantitative estimate of drug-likeness (QED) is 0.913. The van der Waals surface area contributed by atoms with Gasteiger partial charge in [0.25, 0.3) is 10.0 Å². The molecule has 0 spiro atoms. The third-order valence-electron chi connectivity index (χ3n) is 2.63. The molecule has 0 aliphatic heterocycles. The summed E-state index contributed by atoms with van der Waals surface area (Å²) < 4.78 is 64.4. The predicted molar refractivity (Wildman–Crippen MR) is 70.4 cm³/mol. The third kappa shape index (κ3) is 3.27. The van der Waals surface area contributed by atoms with Crippen LogP contribution in [0.3, 0.4) is 0 Å². The number of hydrogen-bond acceptors (Lipinski definition) is 3. The molecule has 0 aliphatic carbocycles. The summed E-state index contributed by atoms with van der Waals surface area (Å²) in [4.78, 5) is -0.498. The Bertz CT molecular complexity index is 757. The zero-order valence-electron chi connectivity index (χ0n) is 10.4.